The lowest BCUT2D eigenvalue weighted by molar-refractivity contribution is -0.129. The number of carbonyl (C=O) groups is 1. The molecule has 0 unspecified atom stereocenters. The number of rotatable bonds is 7. The van der Waals surface area contributed by atoms with E-state index in [1.54, 1.807) is 38.5 Å². The van der Waals surface area contributed by atoms with Crippen LogP contribution in [0, 0.1) is 0 Å². The molecule has 122 valence electrons. The van der Waals surface area contributed by atoms with Gasteiger partial charge in [0.25, 0.3) is 5.91 Å². The van der Waals surface area contributed by atoms with Crippen LogP contribution in [0.5, 0.6) is 11.5 Å². The molecule has 5 heteroatoms. The summed E-state index contributed by atoms with van der Waals surface area (Å²) in [5, 5.41) is 12.7. The van der Waals surface area contributed by atoms with Gasteiger partial charge in [0.2, 0.25) is 0 Å². The Labute approximate surface area is 135 Å². The average molecular weight is 315 g/mol. The predicted octanol–water partition coefficient (Wildman–Crippen LogP) is 2.10. The van der Waals surface area contributed by atoms with E-state index >= 15 is 0 Å². The van der Waals surface area contributed by atoms with Gasteiger partial charge in [-0.1, -0.05) is 36.4 Å². The SMILES string of the molecule is COc1ccc(CCNC(=O)[C@H](O)c2ccccc2)cc1OC. The highest BCUT2D eigenvalue weighted by Gasteiger charge is 2.16. The smallest absolute Gasteiger partial charge is 0.253 e. The van der Waals surface area contributed by atoms with E-state index in [2.05, 4.69) is 5.32 Å². The Hall–Kier alpha value is -2.53. The number of hydrogen-bond acceptors (Lipinski definition) is 4. The second-order valence-corrected chi connectivity index (χ2v) is 5.04. The standard InChI is InChI=1S/C18H21NO4/c1-22-15-9-8-13(12-16(15)23-2)10-11-19-18(21)17(20)14-6-4-3-5-7-14/h3-9,12,17,20H,10-11H2,1-2H3,(H,19,21)/t17-/m1/s1. The third kappa shape index (κ3) is 4.47. The summed E-state index contributed by atoms with van der Waals surface area (Å²) in [6.07, 6.45) is -0.519. The molecule has 0 bridgehead atoms. The van der Waals surface area contributed by atoms with E-state index in [1.165, 1.54) is 0 Å². The zero-order valence-corrected chi connectivity index (χ0v) is 13.3. The number of benzene rings is 2. The number of aliphatic hydroxyl groups is 1. The van der Waals surface area contributed by atoms with Crippen LogP contribution in [0.25, 0.3) is 0 Å². The van der Waals surface area contributed by atoms with Crippen LogP contribution in [0.3, 0.4) is 0 Å². The van der Waals surface area contributed by atoms with E-state index in [-0.39, 0.29) is 0 Å². The van der Waals surface area contributed by atoms with Gasteiger partial charge in [0.15, 0.2) is 17.6 Å². The van der Waals surface area contributed by atoms with Crippen molar-refractivity contribution in [2.75, 3.05) is 20.8 Å². The highest BCUT2D eigenvalue weighted by molar-refractivity contribution is 5.81. The molecule has 0 saturated heterocycles. The van der Waals surface area contributed by atoms with Crippen molar-refractivity contribution in [2.45, 2.75) is 12.5 Å². The maximum atomic E-state index is 12.0. The lowest BCUT2D eigenvalue weighted by Gasteiger charge is -2.12. The van der Waals surface area contributed by atoms with Gasteiger partial charge < -0.3 is 19.9 Å². The topological polar surface area (TPSA) is 67.8 Å². The Morgan fingerprint density at radius 1 is 1.09 bits per heavy atom. The van der Waals surface area contributed by atoms with E-state index in [9.17, 15) is 9.90 Å². The summed E-state index contributed by atoms with van der Waals surface area (Å²) in [5.41, 5.74) is 1.59. The second kappa shape index (κ2) is 8.19. The Morgan fingerprint density at radius 2 is 1.78 bits per heavy atom. The number of nitrogens with one attached hydrogen (secondary N) is 1. The molecule has 0 saturated carbocycles. The molecule has 0 aromatic heterocycles. The molecule has 2 rings (SSSR count). The lowest BCUT2D eigenvalue weighted by atomic mass is 10.1. The normalized spacial score (nSPS) is 11.6. The van der Waals surface area contributed by atoms with Crippen LogP contribution in [0.2, 0.25) is 0 Å². The fourth-order valence-electron chi connectivity index (χ4n) is 2.25. The quantitative estimate of drug-likeness (QED) is 0.821. The van der Waals surface area contributed by atoms with Gasteiger partial charge in [-0.2, -0.15) is 0 Å². The fraction of sp³-hybridized carbons (Fsp3) is 0.278. The molecule has 0 aliphatic rings. The van der Waals surface area contributed by atoms with E-state index in [0.717, 1.165) is 5.56 Å². The Balaban J connectivity index is 1.88. The molecule has 23 heavy (non-hydrogen) atoms. The van der Waals surface area contributed by atoms with Gasteiger partial charge in [0.1, 0.15) is 0 Å². The monoisotopic (exact) mass is 315 g/mol. The van der Waals surface area contributed by atoms with Gasteiger partial charge in [0.05, 0.1) is 14.2 Å². The van der Waals surface area contributed by atoms with Crippen LogP contribution in [-0.4, -0.2) is 31.8 Å². The van der Waals surface area contributed by atoms with Crippen molar-refractivity contribution < 1.29 is 19.4 Å². The summed E-state index contributed by atoms with van der Waals surface area (Å²) < 4.78 is 10.4. The Bertz CT molecular complexity index is 643. The predicted molar refractivity (Wildman–Crippen MR) is 87.7 cm³/mol. The van der Waals surface area contributed by atoms with Crippen molar-refractivity contribution >= 4 is 5.91 Å². The Morgan fingerprint density at radius 3 is 2.43 bits per heavy atom. The summed E-state index contributed by atoms with van der Waals surface area (Å²) >= 11 is 0. The van der Waals surface area contributed by atoms with E-state index in [1.807, 2.05) is 24.3 Å². The molecule has 2 N–H and O–H groups in total. The van der Waals surface area contributed by atoms with E-state index in [4.69, 9.17) is 9.47 Å². The molecule has 0 aliphatic heterocycles. The lowest BCUT2D eigenvalue weighted by Crippen LogP contribution is -2.30. The second-order valence-electron chi connectivity index (χ2n) is 5.04. The number of aliphatic hydroxyl groups excluding tert-OH is 1. The van der Waals surface area contributed by atoms with Crippen LogP contribution in [0.1, 0.15) is 17.2 Å². The molecule has 0 fully saturated rings. The van der Waals surface area contributed by atoms with Gasteiger partial charge in [-0.25, -0.2) is 0 Å². The zero-order valence-electron chi connectivity index (χ0n) is 13.3. The summed E-state index contributed by atoms with van der Waals surface area (Å²) in [7, 11) is 3.17. The maximum absolute atomic E-state index is 12.0. The van der Waals surface area contributed by atoms with Gasteiger partial charge >= 0.3 is 0 Å². The fourth-order valence-corrected chi connectivity index (χ4v) is 2.25. The molecule has 1 atom stereocenters. The molecule has 0 aliphatic carbocycles. The largest absolute Gasteiger partial charge is 0.493 e. The highest BCUT2D eigenvalue weighted by Crippen LogP contribution is 2.27. The van der Waals surface area contributed by atoms with E-state index < -0.39 is 12.0 Å². The van der Waals surface area contributed by atoms with Crippen LogP contribution in [0.15, 0.2) is 48.5 Å². The number of ether oxygens (including phenoxy) is 2. The minimum absolute atomic E-state index is 0.406. The van der Waals surface area contributed by atoms with Gasteiger partial charge in [-0.05, 0) is 29.7 Å². The molecule has 0 heterocycles. The molecule has 0 spiro atoms. The van der Waals surface area contributed by atoms with Crippen molar-refractivity contribution in [3.63, 3.8) is 0 Å². The summed E-state index contributed by atoms with van der Waals surface area (Å²) in [6.45, 7) is 0.429. The first-order chi connectivity index (χ1) is 11.2. The van der Waals surface area contributed by atoms with Crippen molar-refractivity contribution in [1.29, 1.82) is 0 Å². The molecule has 2 aromatic rings. The summed E-state index contributed by atoms with van der Waals surface area (Å²) in [4.78, 5) is 12.0. The zero-order chi connectivity index (χ0) is 16.7. The van der Waals surface area contributed by atoms with Crippen LogP contribution >= 0.6 is 0 Å². The average Bonchev–Trinajstić information content (AvgIpc) is 2.61. The number of carbonyl (C=O) groups excluding carboxylic acids is 1. The maximum Gasteiger partial charge on any atom is 0.253 e. The highest BCUT2D eigenvalue weighted by atomic mass is 16.5. The van der Waals surface area contributed by atoms with Crippen molar-refractivity contribution in [3.8, 4) is 11.5 Å². The molecule has 5 nitrogen and oxygen atoms in total. The summed E-state index contributed by atoms with van der Waals surface area (Å²) in [6, 6.07) is 14.5. The summed E-state index contributed by atoms with van der Waals surface area (Å²) in [5.74, 6) is 0.914. The van der Waals surface area contributed by atoms with Crippen LogP contribution in [0.4, 0.5) is 0 Å². The van der Waals surface area contributed by atoms with Crippen molar-refractivity contribution in [1.82, 2.24) is 5.32 Å². The molecule has 1 amide bonds. The first-order valence-corrected chi connectivity index (χ1v) is 7.37. The Kier molecular flexibility index (Phi) is 6.00. The first kappa shape index (κ1) is 16.8. The van der Waals surface area contributed by atoms with Gasteiger partial charge in [-0.15, -0.1) is 0 Å². The van der Waals surface area contributed by atoms with Gasteiger partial charge in [-0.3, -0.25) is 4.79 Å². The molecular weight excluding hydrogens is 294 g/mol. The molecule has 2 aromatic carbocycles. The third-order valence-electron chi connectivity index (χ3n) is 3.52. The number of amides is 1. The first-order valence-electron chi connectivity index (χ1n) is 7.37. The molecular formula is C18H21NO4. The minimum Gasteiger partial charge on any atom is -0.493 e. The number of methoxy groups -OCH3 is 2. The van der Waals surface area contributed by atoms with Crippen molar-refractivity contribution in [3.05, 3.63) is 59.7 Å². The molecule has 0 radical (unpaired) electrons. The van der Waals surface area contributed by atoms with Crippen LogP contribution < -0.4 is 14.8 Å². The van der Waals surface area contributed by atoms with Gasteiger partial charge in [0, 0.05) is 6.54 Å². The number of hydrogen-bond donors (Lipinski definition) is 2. The van der Waals surface area contributed by atoms with Crippen molar-refractivity contribution in [2.24, 2.45) is 0 Å². The third-order valence-corrected chi connectivity index (χ3v) is 3.52. The van der Waals surface area contributed by atoms with E-state index in [0.29, 0.717) is 30.0 Å². The minimum atomic E-state index is -1.15. The van der Waals surface area contributed by atoms with Crippen LogP contribution in [-0.2, 0) is 11.2 Å².